The van der Waals surface area contributed by atoms with Gasteiger partial charge in [0.05, 0.1) is 4.90 Å². The zero-order chi connectivity index (χ0) is 24.3. The minimum Gasteiger partial charge on any atom is -0.354 e. The van der Waals surface area contributed by atoms with E-state index in [4.69, 9.17) is 0 Å². The summed E-state index contributed by atoms with van der Waals surface area (Å²) in [5, 5.41) is 3.02. The smallest absolute Gasteiger partial charge is 0.263 e. The van der Waals surface area contributed by atoms with E-state index in [1.807, 2.05) is 26.0 Å². The number of benzene rings is 1. The Morgan fingerprint density at radius 1 is 1.18 bits per heavy atom. The maximum atomic E-state index is 13.3. The summed E-state index contributed by atoms with van der Waals surface area (Å²) in [6.45, 7) is 7.97. The molecule has 0 saturated carbocycles. The molecule has 10 heteroatoms. The SMILES string of the molecule is CC[C@H](C)[C@H](N=C1NS(=O)(=O)c2ccccc21)C(=O)NCc1cccnc1N1CCN(C)CC1. The highest BCUT2D eigenvalue weighted by Crippen LogP contribution is 2.24. The van der Waals surface area contributed by atoms with Crippen molar-refractivity contribution in [1.29, 1.82) is 0 Å². The average Bonchev–Trinajstić information content (AvgIpc) is 3.11. The van der Waals surface area contributed by atoms with Crippen molar-refractivity contribution in [3.05, 3.63) is 53.7 Å². The van der Waals surface area contributed by atoms with Crippen LogP contribution in [0, 0.1) is 5.92 Å². The van der Waals surface area contributed by atoms with Gasteiger partial charge in [0.1, 0.15) is 17.7 Å². The largest absolute Gasteiger partial charge is 0.354 e. The van der Waals surface area contributed by atoms with Gasteiger partial charge in [-0.3, -0.25) is 14.5 Å². The first-order chi connectivity index (χ1) is 16.3. The van der Waals surface area contributed by atoms with Crippen LogP contribution in [-0.4, -0.2) is 69.3 Å². The second-order valence-corrected chi connectivity index (χ2v) is 10.6. The zero-order valence-electron chi connectivity index (χ0n) is 19.9. The molecule has 0 aliphatic carbocycles. The lowest BCUT2D eigenvalue weighted by atomic mass is 9.98. The van der Waals surface area contributed by atoms with Crippen molar-refractivity contribution >= 4 is 27.6 Å². The molecule has 3 heterocycles. The fraction of sp³-hybridized carbons (Fsp3) is 0.458. The molecule has 2 aliphatic rings. The van der Waals surface area contributed by atoms with Crippen molar-refractivity contribution in [1.82, 2.24) is 19.9 Å². The molecule has 2 atom stereocenters. The van der Waals surface area contributed by atoms with E-state index in [1.54, 1.807) is 30.5 Å². The van der Waals surface area contributed by atoms with E-state index in [0.29, 0.717) is 12.1 Å². The number of fused-ring (bicyclic) bond motifs is 1. The molecule has 0 bridgehead atoms. The number of likely N-dealkylation sites (N-methyl/N-ethyl adjacent to an activating group) is 1. The Balaban J connectivity index is 1.53. The molecule has 1 amide bonds. The number of aliphatic imine (C=N–C) groups is 1. The number of nitrogens with zero attached hydrogens (tertiary/aromatic N) is 4. The van der Waals surface area contributed by atoms with Crippen LogP contribution in [0.1, 0.15) is 31.4 Å². The Morgan fingerprint density at radius 2 is 1.91 bits per heavy atom. The van der Waals surface area contributed by atoms with Gasteiger partial charge in [-0.15, -0.1) is 0 Å². The van der Waals surface area contributed by atoms with Crippen molar-refractivity contribution in [3.8, 4) is 0 Å². The van der Waals surface area contributed by atoms with Crippen LogP contribution in [0.4, 0.5) is 5.82 Å². The summed E-state index contributed by atoms with van der Waals surface area (Å²) in [6.07, 6.45) is 2.50. The van der Waals surface area contributed by atoms with Crippen molar-refractivity contribution in [2.45, 2.75) is 37.8 Å². The highest BCUT2D eigenvalue weighted by Gasteiger charge is 2.33. The first-order valence-electron chi connectivity index (χ1n) is 11.6. The fourth-order valence-electron chi connectivity index (χ4n) is 4.19. The summed E-state index contributed by atoms with van der Waals surface area (Å²) in [4.78, 5) is 27.2. The van der Waals surface area contributed by atoms with Crippen LogP contribution in [0.25, 0.3) is 0 Å². The molecular weight excluding hydrogens is 452 g/mol. The number of amidine groups is 1. The van der Waals surface area contributed by atoms with Crippen LogP contribution in [0.5, 0.6) is 0 Å². The van der Waals surface area contributed by atoms with Crippen LogP contribution in [0.2, 0.25) is 0 Å². The van der Waals surface area contributed by atoms with Crippen molar-refractivity contribution in [2.24, 2.45) is 10.9 Å². The summed E-state index contributed by atoms with van der Waals surface area (Å²) in [7, 11) is -1.56. The minimum absolute atomic E-state index is 0.0734. The van der Waals surface area contributed by atoms with Gasteiger partial charge in [0.15, 0.2) is 0 Å². The van der Waals surface area contributed by atoms with E-state index >= 15 is 0 Å². The molecule has 0 radical (unpaired) electrons. The molecule has 34 heavy (non-hydrogen) atoms. The molecule has 0 unspecified atom stereocenters. The van der Waals surface area contributed by atoms with Gasteiger partial charge in [0, 0.05) is 50.0 Å². The van der Waals surface area contributed by atoms with Crippen molar-refractivity contribution in [2.75, 3.05) is 38.1 Å². The second kappa shape index (κ2) is 10.1. The van der Waals surface area contributed by atoms with Crippen molar-refractivity contribution < 1.29 is 13.2 Å². The molecule has 1 aromatic heterocycles. The number of carbonyl (C=O) groups is 1. The lowest BCUT2D eigenvalue weighted by molar-refractivity contribution is -0.123. The Labute approximate surface area is 201 Å². The number of hydrogen-bond acceptors (Lipinski definition) is 7. The number of piperazine rings is 1. The van der Waals surface area contributed by atoms with Crippen LogP contribution in [0.15, 0.2) is 52.5 Å². The quantitative estimate of drug-likeness (QED) is 0.618. The number of carbonyl (C=O) groups excluding carboxylic acids is 1. The molecule has 9 nitrogen and oxygen atoms in total. The Kier molecular flexibility index (Phi) is 7.18. The topological polar surface area (TPSA) is 107 Å². The number of amides is 1. The average molecular weight is 485 g/mol. The third-order valence-electron chi connectivity index (χ3n) is 6.51. The molecule has 1 fully saturated rings. The Hall–Kier alpha value is -2.98. The molecule has 1 aromatic carbocycles. The second-order valence-electron chi connectivity index (χ2n) is 8.90. The predicted octanol–water partition coefficient (Wildman–Crippen LogP) is 1.60. The van der Waals surface area contributed by atoms with Gasteiger partial charge in [-0.05, 0) is 31.2 Å². The lowest BCUT2D eigenvalue weighted by Gasteiger charge is -2.34. The molecule has 1 saturated heterocycles. The third kappa shape index (κ3) is 5.07. The van der Waals surface area contributed by atoms with Crippen LogP contribution in [-0.2, 0) is 21.4 Å². The number of hydrogen-bond donors (Lipinski definition) is 2. The van der Waals surface area contributed by atoms with Gasteiger partial charge < -0.3 is 15.1 Å². The van der Waals surface area contributed by atoms with E-state index < -0.39 is 16.1 Å². The molecule has 182 valence electrons. The first-order valence-corrected chi connectivity index (χ1v) is 13.1. The Morgan fingerprint density at radius 3 is 2.65 bits per heavy atom. The van der Waals surface area contributed by atoms with E-state index in [-0.39, 0.29) is 22.6 Å². The molecule has 2 aliphatic heterocycles. The predicted molar refractivity (Wildman–Crippen MR) is 132 cm³/mol. The van der Waals surface area contributed by atoms with Gasteiger partial charge in [0.25, 0.3) is 10.0 Å². The van der Waals surface area contributed by atoms with E-state index in [9.17, 15) is 13.2 Å². The number of nitrogens with one attached hydrogen (secondary N) is 2. The summed E-state index contributed by atoms with van der Waals surface area (Å²) in [6, 6.07) is 9.81. The van der Waals surface area contributed by atoms with E-state index in [0.717, 1.165) is 44.0 Å². The standard InChI is InChI=1S/C24H32N6O3S/c1-4-17(2)21(27-22-19-9-5-6-10-20(19)34(32,33)28-22)24(31)26-16-18-8-7-11-25-23(18)30-14-12-29(3)13-15-30/h5-11,17,21H,4,12-16H2,1-3H3,(H,26,31)(H,27,28)/t17-,21-/m0/s1. The third-order valence-corrected chi connectivity index (χ3v) is 7.90. The number of rotatable bonds is 7. The zero-order valence-corrected chi connectivity index (χ0v) is 20.7. The maximum Gasteiger partial charge on any atom is 0.263 e. The maximum absolute atomic E-state index is 13.3. The number of anilines is 1. The molecule has 0 spiro atoms. The van der Waals surface area contributed by atoms with Gasteiger partial charge in [-0.25, -0.2) is 13.4 Å². The minimum atomic E-state index is -3.67. The van der Waals surface area contributed by atoms with Gasteiger partial charge in [-0.1, -0.05) is 38.5 Å². The summed E-state index contributed by atoms with van der Waals surface area (Å²) >= 11 is 0. The first kappa shape index (κ1) is 24.2. The van der Waals surface area contributed by atoms with Crippen LogP contribution < -0.4 is 14.9 Å². The van der Waals surface area contributed by atoms with Gasteiger partial charge in [0.2, 0.25) is 5.91 Å². The Bertz CT molecular complexity index is 1170. The van der Waals surface area contributed by atoms with Gasteiger partial charge >= 0.3 is 0 Å². The summed E-state index contributed by atoms with van der Waals surface area (Å²) < 4.78 is 27.4. The number of sulfonamides is 1. The molecule has 2 N–H and O–H groups in total. The molecular formula is C24H32N6O3S. The summed E-state index contributed by atoms with van der Waals surface area (Å²) in [5.74, 6) is 0.796. The lowest BCUT2D eigenvalue weighted by Crippen LogP contribution is -2.45. The number of aromatic nitrogens is 1. The van der Waals surface area contributed by atoms with Crippen LogP contribution >= 0.6 is 0 Å². The summed E-state index contributed by atoms with van der Waals surface area (Å²) in [5.41, 5.74) is 1.44. The van der Waals surface area contributed by atoms with Gasteiger partial charge in [-0.2, -0.15) is 0 Å². The highest BCUT2D eigenvalue weighted by molar-refractivity contribution is 7.90. The highest BCUT2D eigenvalue weighted by atomic mass is 32.2. The number of pyridine rings is 1. The van der Waals surface area contributed by atoms with Crippen LogP contribution in [0.3, 0.4) is 0 Å². The molecule has 4 rings (SSSR count). The van der Waals surface area contributed by atoms with E-state index in [1.165, 1.54) is 0 Å². The molecule has 2 aromatic rings. The normalized spacial score (nSPS) is 20.4. The van der Waals surface area contributed by atoms with Crippen molar-refractivity contribution in [3.63, 3.8) is 0 Å². The van der Waals surface area contributed by atoms with E-state index in [2.05, 4.69) is 36.9 Å². The monoisotopic (exact) mass is 484 g/mol. The fourth-order valence-corrected chi connectivity index (χ4v) is 5.43.